The molecule has 0 spiro atoms. The summed E-state index contributed by atoms with van der Waals surface area (Å²) < 4.78 is 11.3. The number of nitrogens with zero attached hydrogens (tertiary/aromatic N) is 2. The summed E-state index contributed by atoms with van der Waals surface area (Å²) in [5.41, 5.74) is 0.161. The van der Waals surface area contributed by atoms with E-state index in [2.05, 4.69) is 4.98 Å². The molecule has 0 aliphatic heterocycles. The highest BCUT2D eigenvalue weighted by Crippen LogP contribution is 2.27. The van der Waals surface area contributed by atoms with Gasteiger partial charge in [0.15, 0.2) is 0 Å². The van der Waals surface area contributed by atoms with E-state index in [0.29, 0.717) is 33.2 Å². The van der Waals surface area contributed by atoms with Crippen LogP contribution >= 0.6 is 11.3 Å². The minimum atomic E-state index is -0.484. The summed E-state index contributed by atoms with van der Waals surface area (Å²) in [6.07, 6.45) is 2.07. The molecule has 8 heteroatoms. The van der Waals surface area contributed by atoms with E-state index in [4.69, 9.17) is 9.47 Å². The number of esters is 2. The second kappa shape index (κ2) is 8.24. The Labute approximate surface area is 149 Å². The van der Waals surface area contributed by atoms with Crippen LogP contribution in [0.25, 0.3) is 10.2 Å². The first-order chi connectivity index (χ1) is 11.8. The van der Waals surface area contributed by atoms with Crippen LogP contribution in [0.4, 0.5) is 0 Å². The van der Waals surface area contributed by atoms with Gasteiger partial charge in [-0.15, -0.1) is 11.3 Å². The molecular weight excluding hydrogens is 344 g/mol. The number of rotatable bonds is 7. The van der Waals surface area contributed by atoms with Gasteiger partial charge in [0.05, 0.1) is 24.9 Å². The Hall–Kier alpha value is -2.22. The number of carbonyl (C=O) groups excluding carboxylic acids is 2. The summed E-state index contributed by atoms with van der Waals surface area (Å²) in [5, 5.41) is 0.338. The Morgan fingerprint density at radius 2 is 2.04 bits per heavy atom. The maximum absolute atomic E-state index is 12.6. The normalized spacial score (nSPS) is 11.1. The van der Waals surface area contributed by atoms with Gasteiger partial charge in [-0.25, -0.2) is 9.78 Å². The van der Waals surface area contributed by atoms with Crippen molar-refractivity contribution < 1.29 is 19.1 Å². The van der Waals surface area contributed by atoms with Gasteiger partial charge in [0.2, 0.25) is 0 Å². The monoisotopic (exact) mass is 366 g/mol. The molecule has 0 N–H and O–H groups in total. The number of fused-ring (bicyclic) bond motifs is 1. The van der Waals surface area contributed by atoms with Crippen molar-refractivity contribution >= 4 is 33.5 Å². The Bertz CT molecular complexity index is 837. The predicted octanol–water partition coefficient (Wildman–Crippen LogP) is 2.53. The highest BCUT2D eigenvalue weighted by atomic mass is 32.1. The summed E-state index contributed by atoms with van der Waals surface area (Å²) in [7, 11) is 0. The van der Waals surface area contributed by atoms with Crippen LogP contribution in [0.15, 0.2) is 11.1 Å². The van der Waals surface area contributed by atoms with Gasteiger partial charge in [-0.3, -0.25) is 14.2 Å². The van der Waals surface area contributed by atoms with E-state index in [1.165, 1.54) is 10.9 Å². The molecule has 0 radical (unpaired) electrons. The van der Waals surface area contributed by atoms with Gasteiger partial charge >= 0.3 is 11.9 Å². The molecule has 0 bridgehead atoms. The van der Waals surface area contributed by atoms with Crippen LogP contribution in [-0.4, -0.2) is 34.7 Å². The summed E-state index contributed by atoms with van der Waals surface area (Å²) in [4.78, 5) is 41.5. The van der Waals surface area contributed by atoms with Crippen molar-refractivity contribution in [2.45, 2.75) is 40.7 Å². The topological polar surface area (TPSA) is 87.5 Å². The van der Waals surface area contributed by atoms with Crippen LogP contribution in [0.2, 0.25) is 0 Å². The molecule has 136 valence electrons. The zero-order chi connectivity index (χ0) is 18.6. The number of thiophene rings is 1. The van der Waals surface area contributed by atoms with Gasteiger partial charge in [-0.05, 0) is 31.7 Å². The number of hydrogen-bond acceptors (Lipinski definition) is 7. The van der Waals surface area contributed by atoms with Gasteiger partial charge in [0.1, 0.15) is 16.3 Å². The molecule has 7 nitrogen and oxygen atoms in total. The Morgan fingerprint density at radius 1 is 1.32 bits per heavy atom. The first-order valence-corrected chi connectivity index (χ1v) is 8.98. The van der Waals surface area contributed by atoms with Gasteiger partial charge in [0.25, 0.3) is 5.56 Å². The highest BCUT2D eigenvalue weighted by Gasteiger charge is 2.20. The number of carbonyl (C=O) groups is 2. The van der Waals surface area contributed by atoms with Crippen LogP contribution in [0, 0.1) is 12.8 Å². The second-order valence-electron chi connectivity index (χ2n) is 6.04. The lowest BCUT2D eigenvalue weighted by molar-refractivity contribution is -0.144. The zero-order valence-electron chi connectivity index (χ0n) is 14.8. The molecule has 25 heavy (non-hydrogen) atoms. The quantitative estimate of drug-likeness (QED) is 0.700. The minimum Gasteiger partial charge on any atom is -0.464 e. The lowest BCUT2D eigenvalue weighted by atomic mass is 10.1. The van der Waals surface area contributed by atoms with E-state index in [-0.39, 0.29) is 18.7 Å². The summed E-state index contributed by atoms with van der Waals surface area (Å²) in [6.45, 7) is 7.85. The van der Waals surface area contributed by atoms with Gasteiger partial charge in [-0.2, -0.15) is 0 Å². The molecule has 2 aromatic rings. The second-order valence-corrected chi connectivity index (χ2v) is 7.04. The number of hydrogen-bond donors (Lipinski definition) is 0. The third-order valence-corrected chi connectivity index (χ3v) is 4.82. The Balaban J connectivity index is 2.24. The molecule has 2 rings (SSSR count). The maximum atomic E-state index is 12.6. The van der Waals surface area contributed by atoms with Gasteiger partial charge in [-0.1, -0.05) is 13.8 Å². The van der Waals surface area contributed by atoms with Crippen molar-refractivity contribution in [1.29, 1.82) is 0 Å². The first kappa shape index (κ1) is 19.1. The van der Waals surface area contributed by atoms with Crippen LogP contribution < -0.4 is 5.56 Å². The number of aromatic nitrogens is 2. The third kappa shape index (κ3) is 4.45. The lowest BCUT2D eigenvalue weighted by Gasteiger charge is -2.08. The van der Waals surface area contributed by atoms with Crippen LogP contribution in [0.3, 0.4) is 0 Å². The summed E-state index contributed by atoms with van der Waals surface area (Å²) in [5.74, 6) is -0.521. The summed E-state index contributed by atoms with van der Waals surface area (Å²) in [6, 6.07) is 0. The van der Waals surface area contributed by atoms with E-state index in [1.54, 1.807) is 13.8 Å². The molecule has 0 saturated heterocycles. The molecule has 0 fully saturated rings. The molecule has 0 atom stereocenters. The molecule has 0 aliphatic rings. The van der Waals surface area contributed by atoms with E-state index >= 15 is 0 Å². The molecule has 2 aromatic heterocycles. The van der Waals surface area contributed by atoms with Crippen molar-refractivity contribution in [3.63, 3.8) is 0 Å². The zero-order valence-corrected chi connectivity index (χ0v) is 15.6. The minimum absolute atomic E-state index is 0.204. The predicted molar refractivity (Wildman–Crippen MR) is 95.0 cm³/mol. The van der Waals surface area contributed by atoms with E-state index in [9.17, 15) is 14.4 Å². The van der Waals surface area contributed by atoms with Crippen molar-refractivity contribution in [3.05, 3.63) is 27.1 Å². The fourth-order valence-electron chi connectivity index (χ4n) is 2.26. The largest absolute Gasteiger partial charge is 0.464 e. The average molecular weight is 366 g/mol. The average Bonchev–Trinajstić information content (AvgIpc) is 2.88. The van der Waals surface area contributed by atoms with Crippen molar-refractivity contribution in [2.24, 2.45) is 5.92 Å². The molecule has 2 heterocycles. The van der Waals surface area contributed by atoms with Crippen molar-refractivity contribution in [2.75, 3.05) is 13.2 Å². The molecule has 0 aliphatic carbocycles. The fourth-order valence-corrected chi connectivity index (χ4v) is 3.29. The highest BCUT2D eigenvalue weighted by molar-refractivity contribution is 7.20. The number of ether oxygens (including phenoxy) is 2. The first-order valence-electron chi connectivity index (χ1n) is 8.16. The fraction of sp³-hybridized carbons (Fsp3) is 0.529. The smallest absolute Gasteiger partial charge is 0.348 e. The van der Waals surface area contributed by atoms with Crippen molar-refractivity contribution in [1.82, 2.24) is 9.55 Å². The third-order valence-electron chi connectivity index (χ3n) is 3.64. The molecule has 0 saturated carbocycles. The molecular formula is C17H22N2O5S. The van der Waals surface area contributed by atoms with Gasteiger partial charge in [0, 0.05) is 0 Å². The lowest BCUT2D eigenvalue weighted by Crippen LogP contribution is -2.26. The van der Waals surface area contributed by atoms with Crippen LogP contribution in [0.5, 0.6) is 0 Å². The molecule has 0 aromatic carbocycles. The van der Waals surface area contributed by atoms with E-state index in [1.807, 2.05) is 13.8 Å². The Morgan fingerprint density at radius 3 is 2.68 bits per heavy atom. The molecule has 0 unspecified atom stereocenters. The molecule has 0 amide bonds. The SMILES string of the molecule is CCOC(=O)c1sc2ncn(CC(=O)OCCC(C)C)c(=O)c2c1C. The van der Waals surface area contributed by atoms with Crippen LogP contribution in [-0.2, 0) is 20.8 Å². The standard InChI is InChI=1S/C17H22N2O5S/c1-5-23-17(22)14-11(4)13-15(25-14)18-9-19(16(13)21)8-12(20)24-7-6-10(2)3/h9-10H,5-8H2,1-4H3. The van der Waals surface area contributed by atoms with Crippen LogP contribution in [0.1, 0.15) is 42.4 Å². The van der Waals surface area contributed by atoms with E-state index in [0.717, 1.165) is 17.8 Å². The van der Waals surface area contributed by atoms with Gasteiger partial charge < -0.3 is 9.47 Å². The summed E-state index contributed by atoms with van der Waals surface area (Å²) >= 11 is 1.12. The number of aryl methyl sites for hydroxylation is 1. The Kier molecular flexibility index (Phi) is 6.30. The van der Waals surface area contributed by atoms with E-state index < -0.39 is 11.9 Å². The van der Waals surface area contributed by atoms with Crippen molar-refractivity contribution in [3.8, 4) is 0 Å². The maximum Gasteiger partial charge on any atom is 0.348 e.